The van der Waals surface area contributed by atoms with Gasteiger partial charge in [0.2, 0.25) is 0 Å². The van der Waals surface area contributed by atoms with Gasteiger partial charge in [-0.2, -0.15) is 0 Å². The zero-order valence-electron chi connectivity index (χ0n) is 10.6. The molecule has 1 fully saturated rings. The summed E-state index contributed by atoms with van der Waals surface area (Å²) >= 11 is 1.80. The zero-order chi connectivity index (χ0) is 12.1. The van der Waals surface area contributed by atoms with Crippen LogP contribution in [0.25, 0.3) is 0 Å². The highest BCUT2D eigenvalue weighted by Gasteiger charge is 2.32. The predicted octanol–water partition coefficient (Wildman–Crippen LogP) is 2.96. The molecule has 2 N–H and O–H groups in total. The molecule has 0 amide bonds. The van der Waals surface area contributed by atoms with Crippen LogP contribution >= 0.6 is 11.3 Å². The first-order valence-electron chi connectivity index (χ1n) is 6.70. The molecule has 0 aromatic carbocycles. The summed E-state index contributed by atoms with van der Waals surface area (Å²) in [6.45, 7) is 3.19. The van der Waals surface area contributed by atoms with E-state index in [0.717, 1.165) is 45.1 Å². The van der Waals surface area contributed by atoms with Gasteiger partial charge in [-0.15, -0.1) is 11.3 Å². The molecular weight excluding hydrogens is 230 g/mol. The standard InChI is InChI=1S/C14H23NOS/c1-2-15-12-5-8-14(16,9-6-12)10-7-13-4-3-11-17-13/h3-4,11-12,15-16H,2,5-10H2,1H3. The molecule has 0 spiro atoms. The first kappa shape index (κ1) is 13.1. The summed E-state index contributed by atoms with van der Waals surface area (Å²) < 4.78 is 0. The minimum atomic E-state index is -0.407. The van der Waals surface area contributed by atoms with Gasteiger partial charge in [-0.1, -0.05) is 13.0 Å². The Morgan fingerprint density at radius 1 is 1.47 bits per heavy atom. The molecule has 1 aromatic rings. The lowest BCUT2D eigenvalue weighted by Crippen LogP contribution is -2.41. The minimum Gasteiger partial charge on any atom is -0.390 e. The highest BCUT2D eigenvalue weighted by Crippen LogP contribution is 2.32. The number of thiophene rings is 1. The van der Waals surface area contributed by atoms with E-state index in [0.29, 0.717) is 6.04 Å². The van der Waals surface area contributed by atoms with E-state index in [1.54, 1.807) is 11.3 Å². The van der Waals surface area contributed by atoms with E-state index in [4.69, 9.17) is 0 Å². The molecule has 1 heterocycles. The summed E-state index contributed by atoms with van der Waals surface area (Å²) in [5.41, 5.74) is -0.407. The van der Waals surface area contributed by atoms with Crippen molar-refractivity contribution in [2.24, 2.45) is 0 Å². The lowest BCUT2D eigenvalue weighted by atomic mass is 9.79. The van der Waals surface area contributed by atoms with Crippen molar-refractivity contribution in [1.29, 1.82) is 0 Å². The Hall–Kier alpha value is -0.380. The molecule has 0 bridgehead atoms. The van der Waals surface area contributed by atoms with Gasteiger partial charge in [0.15, 0.2) is 0 Å². The van der Waals surface area contributed by atoms with Crippen molar-refractivity contribution in [2.45, 2.75) is 57.1 Å². The molecule has 1 aromatic heterocycles. The van der Waals surface area contributed by atoms with E-state index in [1.165, 1.54) is 4.88 Å². The number of hydrogen-bond acceptors (Lipinski definition) is 3. The molecule has 0 radical (unpaired) electrons. The van der Waals surface area contributed by atoms with Crippen LogP contribution < -0.4 is 5.32 Å². The summed E-state index contributed by atoms with van der Waals surface area (Å²) in [7, 11) is 0. The fourth-order valence-corrected chi connectivity index (χ4v) is 3.42. The van der Waals surface area contributed by atoms with Gasteiger partial charge in [0.05, 0.1) is 5.60 Å². The van der Waals surface area contributed by atoms with E-state index < -0.39 is 5.60 Å². The molecule has 96 valence electrons. The van der Waals surface area contributed by atoms with Gasteiger partial charge in [-0.25, -0.2) is 0 Å². The van der Waals surface area contributed by atoms with Crippen LogP contribution in [0.5, 0.6) is 0 Å². The van der Waals surface area contributed by atoms with Gasteiger partial charge in [-0.05, 0) is 56.5 Å². The minimum absolute atomic E-state index is 0.407. The van der Waals surface area contributed by atoms with Gasteiger partial charge >= 0.3 is 0 Å². The highest BCUT2D eigenvalue weighted by atomic mass is 32.1. The van der Waals surface area contributed by atoms with Crippen LogP contribution in [-0.2, 0) is 6.42 Å². The van der Waals surface area contributed by atoms with Crippen LogP contribution in [-0.4, -0.2) is 23.3 Å². The van der Waals surface area contributed by atoms with Crippen LogP contribution in [0.1, 0.15) is 43.9 Å². The first-order valence-corrected chi connectivity index (χ1v) is 7.58. The largest absolute Gasteiger partial charge is 0.390 e. The van der Waals surface area contributed by atoms with Gasteiger partial charge in [-0.3, -0.25) is 0 Å². The Morgan fingerprint density at radius 2 is 2.24 bits per heavy atom. The Labute approximate surface area is 108 Å². The van der Waals surface area contributed by atoms with Crippen LogP contribution in [0.4, 0.5) is 0 Å². The van der Waals surface area contributed by atoms with Crippen molar-refractivity contribution < 1.29 is 5.11 Å². The average Bonchev–Trinajstić information content (AvgIpc) is 2.84. The molecule has 0 saturated heterocycles. The number of hydrogen-bond donors (Lipinski definition) is 2. The molecule has 0 atom stereocenters. The summed E-state index contributed by atoms with van der Waals surface area (Å²) in [6.07, 6.45) is 6.10. The highest BCUT2D eigenvalue weighted by molar-refractivity contribution is 7.09. The predicted molar refractivity (Wildman–Crippen MR) is 73.5 cm³/mol. The quantitative estimate of drug-likeness (QED) is 0.845. The van der Waals surface area contributed by atoms with E-state index in [2.05, 4.69) is 29.8 Å². The molecule has 0 aliphatic heterocycles. The van der Waals surface area contributed by atoms with Crippen LogP contribution in [0.3, 0.4) is 0 Å². The lowest BCUT2D eigenvalue weighted by molar-refractivity contribution is -0.0103. The van der Waals surface area contributed by atoms with E-state index in [-0.39, 0.29) is 0 Å². The lowest BCUT2D eigenvalue weighted by Gasteiger charge is -2.36. The third kappa shape index (κ3) is 3.80. The second kappa shape index (κ2) is 5.98. The maximum Gasteiger partial charge on any atom is 0.0652 e. The smallest absolute Gasteiger partial charge is 0.0652 e. The monoisotopic (exact) mass is 253 g/mol. The zero-order valence-corrected chi connectivity index (χ0v) is 11.4. The normalized spacial score (nSPS) is 29.4. The van der Waals surface area contributed by atoms with Gasteiger partial charge in [0.25, 0.3) is 0 Å². The molecule has 1 aliphatic rings. The van der Waals surface area contributed by atoms with Crippen LogP contribution in [0.2, 0.25) is 0 Å². The SMILES string of the molecule is CCNC1CCC(O)(CCc2cccs2)CC1. The molecule has 17 heavy (non-hydrogen) atoms. The Bertz CT molecular complexity index is 315. The van der Waals surface area contributed by atoms with Crippen LogP contribution in [0, 0.1) is 0 Å². The Kier molecular flexibility index (Phi) is 4.60. The van der Waals surface area contributed by atoms with E-state index in [1.807, 2.05) is 0 Å². The van der Waals surface area contributed by atoms with Crippen molar-refractivity contribution in [2.75, 3.05) is 6.54 Å². The average molecular weight is 253 g/mol. The summed E-state index contributed by atoms with van der Waals surface area (Å²) in [4.78, 5) is 1.40. The van der Waals surface area contributed by atoms with Gasteiger partial charge in [0.1, 0.15) is 0 Å². The summed E-state index contributed by atoms with van der Waals surface area (Å²) in [5, 5.41) is 16.1. The van der Waals surface area contributed by atoms with Gasteiger partial charge < -0.3 is 10.4 Å². The molecule has 2 nitrogen and oxygen atoms in total. The summed E-state index contributed by atoms with van der Waals surface area (Å²) in [5.74, 6) is 0. The molecule has 1 aliphatic carbocycles. The van der Waals surface area contributed by atoms with Crippen molar-refractivity contribution in [3.8, 4) is 0 Å². The number of aryl methyl sites for hydroxylation is 1. The van der Waals surface area contributed by atoms with Gasteiger partial charge in [0, 0.05) is 10.9 Å². The second-order valence-electron chi connectivity index (χ2n) is 5.14. The van der Waals surface area contributed by atoms with E-state index in [9.17, 15) is 5.11 Å². The number of nitrogens with one attached hydrogen (secondary N) is 1. The summed E-state index contributed by atoms with van der Waals surface area (Å²) in [6, 6.07) is 4.88. The number of rotatable bonds is 5. The fourth-order valence-electron chi connectivity index (χ4n) is 2.71. The third-order valence-corrected chi connectivity index (χ3v) is 4.76. The first-order chi connectivity index (χ1) is 8.22. The molecular formula is C14H23NOS. The van der Waals surface area contributed by atoms with Crippen molar-refractivity contribution in [3.63, 3.8) is 0 Å². The Morgan fingerprint density at radius 3 is 2.82 bits per heavy atom. The second-order valence-corrected chi connectivity index (χ2v) is 6.17. The molecule has 1 saturated carbocycles. The van der Waals surface area contributed by atoms with Crippen molar-refractivity contribution in [3.05, 3.63) is 22.4 Å². The maximum absolute atomic E-state index is 10.5. The molecule has 0 unspecified atom stereocenters. The molecule has 2 rings (SSSR count). The fraction of sp³-hybridized carbons (Fsp3) is 0.714. The van der Waals surface area contributed by atoms with Crippen molar-refractivity contribution in [1.82, 2.24) is 5.32 Å². The third-order valence-electron chi connectivity index (χ3n) is 3.83. The van der Waals surface area contributed by atoms with E-state index >= 15 is 0 Å². The topological polar surface area (TPSA) is 32.3 Å². The Balaban J connectivity index is 1.77. The number of aliphatic hydroxyl groups is 1. The van der Waals surface area contributed by atoms with Crippen molar-refractivity contribution >= 4 is 11.3 Å². The molecule has 3 heteroatoms. The van der Waals surface area contributed by atoms with Crippen LogP contribution in [0.15, 0.2) is 17.5 Å². The maximum atomic E-state index is 10.5.